The molecule has 0 aliphatic carbocycles. The molecule has 0 N–H and O–H groups in total. The van der Waals surface area contributed by atoms with Crippen molar-refractivity contribution < 1.29 is 14.0 Å². The van der Waals surface area contributed by atoms with E-state index >= 15 is 0 Å². The molecule has 0 bridgehead atoms. The van der Waals surface area contributed by atoms with Crippen LogP contribution in [0, 0.1) is 0 Å². The first kappa shape index (κ1) is 6.99. The topological polar surface area (TPSA) is 27.7 Å². The van der Waals surface area contributed by atoms with E-state index in [1.807, 2.05) is 0 Å². The molecule has 4 atom stereocenters. The van der Waals surface area contributed by atoms with E-state index < -0.39 is 0 Å². The summed E-state index contributed by atoms with van der Waals surface area (Å²) in [5.74, 6) is 0. The predicted octanol–water partition coefficient (Wildman–Crippen LogP) is 0.349. The standard InChI is InChI=1S/C6H11O3P/c10-9-5-3-8-4-1-2-7-6(4)5/h4-6H,1-3,10H2. The Balaban J connectivity index is 2.01. The lowest BCUT2D eigenvalue weighted by atomic mass is 10.1. The number of rotatable bonds is 1. The molecule has 10 heavy (non-hydrogen) atoms. The molecule has 58 valence electrons. The van der Waals surface area contributed by atoms with Crippen molar-refractivity contribution in [3.63, 3.8) is 0 Å². The highest BCUT2D eigenvalue weighted by Gasteiger charge is 2.41. The van der Waals surface area contributed by atoms with Gasteiger partial charge in [-0.15, -0.1) is 0 Å². The summed E-state index contributed by atoms with van der Waals surface area (Å²) < 4.78 is 15.9. The Morgan fingerprint density at radius 3 is 3.10 bits per heavy atom. The van der Waals surface area contributed by atoms with Crippen LogP contribution in [0.1, 0.15) is 6.42 Å². The SMILES string of the molecule is POC1COC2CCOC12. The van der Waals surface area contributed by atoms with Gasteiger partial charge in [-0.05, 0) is 6.42 Å². The van der Waals surface area contributed by atoms with Crippen LogP contribution in [0.25, 0.3) is 0 Å². The van der Waals surface area contributed by atoms with Crippen molar-refractivity contribution in [1.29, 1.82) is 0 Å². The molecule has 0 radical (unpaired) electrons. The van der Waals surface area contributed by atoms with Gasteiger partial charge in [0, 0.05) is 16.1 Å². The first-order chi connectivity index (χ1) is 4.92. The summed E-state index contributed by atoms with van der Waals surface area (Å²) in [5.41, 5.74) is 0. The summed E-state index contributed by atoms with van der Waals surface area (Å²) in [4.78, 5) is 0. The van der Waals surface area contributed by atoms with Crippen molar-refractivity contribution in [2.75, 3.05) is 13.2 Å². The van der Waals surface area contributed by atoms with Crippen LogP contribution < -0.4 is 0 Å². The molecule has 2 aliphatic rings. The zero-order valence-corrected chi connectivity index (χ0v) is 6.81. The molecule has 4 heteroatoms. The Bertz CT molecular complexity index is 130. The normalized spacial score (nSPS) is 45.9. The molecule has 2 saturated heterocycles. The van der Waals surface area contributed by atoms with E-state index in [4.69, 9.17) is 14.0 Å². The lowest BCUT2D eigenvalue weighted by Crippen LogP contribution is -2.27. The van der Waals surface area contributed by atoms with Gasteiger partial charge >= 0.3 is 0 Å². The molecule has 2 rings (SSSR count). The zero-order chi connectivity index (χ0) is 6.97. The smallest absolute Gasteiger partial charge is 0.113 e. The van der Waals surface area contributed by atoms with Crippen LogP contribution in [0.2, 0.25) is 0 Å². The highest BCUT2D eigenvalue weighted by atomic mass is 31.0. The molecule has 2 fully saturated rings. The quantitative estimate of drug-likeness (QED) is 0.520. The number of hydrogen-bond donors (Lipinski definition) is 0. The summed E-state index contributed by atoms with van der Waals surface area (Å²) >= 11 is 0. The highest BCUT2D eigenvalue weighted by Crippen LogP contribution is 2.28. The Labute approximate surface area is 62.3 Å². The minimum absolute atomic E-state index is 0.137. The maximum atomic E-state index is 5.42. The molecular weight excluding hydrogens is 151 g/mol. The van der Waals surface area contributed by atoms with Crippen LogP contribution >= 0.6 is 9.47 Å². The van der Waals surface area contributed by atoms with E-state index in [1.165, 1.54) is 0 Å². The summed E-state index contributed by atoms with van der Waals surface area (Å²) in [5, 5.41) is 0. The maximum absolute atomic E-state index is 5.42. The van der Waals surface area contributed by atoms with Crippen LogP contribution in [-0.4, -0.2) is 31.5 Å². The van der Waals surface area contributed by atoms with Gasteiger partial charge in [0.05, 0.1) is 12.7 Å². The van der Waals surface area contributed by atoms with Crippen molar-refractivity contribution in [2.24, 2.45) is 0 Å². The largest absolute Gasteiger partial charge is 0.373 e. The van der Waals surface area contributed by atoms with Gasteiger partial charge in [0.1, 0.15) is 12.2 Å². The van der Waals surface area contributed by atoms with E-state index in [1.54, 1.807) is 0 Å². The molecule has 0 aromatic heterocycles. The summed E-state index contributed by atoms with van der Waals surface area (Å²) in [6.45, 7) is 1.50. The van der Waals surface area contributed by atoms with Gasteiger partial charge in [-0.2, -0.15) is 0 Å². The highest BCUT2D eigenvalue weighted by molar-refractivity contribution is 7.09. The molecule has 2 heterocycles. The third kappa shape index (κ3) is 0.978. The van der Waals surface area contributed by atoms with Crippen molar-refractivity contribution in [2.45, 2.75) is 24.7 Å². The molecule has 2 aliphatic heterocycles. The second-order valence-corrected chi connectivity index (χ2v) is 2.94. The molecular formula is C6H11O3P. The van der Waals surface area contributed by atoms with Crippen LogP contribution in [0.5, 0.6) is 0 Å². The monoisotopic (exact) mass is 162 g/mol. The van der Waals surface area contributed by atoms with Gasteiger partial charge in [-0.3, -0.25) is 0 Å². The molecule has 0 amide bonds. The summed E-state index contributed by atoms with van der Waals surface area (Å²) in [6.07, 6.45) is 1.65. The van der Waals surface area contributed by atoms with Crippen molar-refractivity contribution in [1.82, 2.24) is 0 Å². The fourth-order valence-corrected chi connectivity index (χ4v) is 1.78. The van der Waals surface area contributed by atoms with Crippen molar-refractivity contribution in [3.8, 4) is 0 Å². The fraction of sp³-hybridized carbons (Fsp3) is 1.00. The lowest BCUT2D eigenvalue weighted by Gasteiger charge is -2.12. The minimum Gasteiger partial charge on any atom is -0.373 e. The predicted molar refractivity (Wildman–Crippen MR) is 38.7 cm³/mol. The van der Waals surface area contributed by atoms with Gasteiger partial charge in [0.2, 0.25) is 0 Å². The average Bonchev–Trinajstić information content (AvgIpc) is 2.44. The Morgan fingerprint density at radius 2 is 2.30 bits per heavy atom. The Kier molecular flexibility index (Phi) is 1.92. The first-order valence-corrected chi connectivity index (χ1v) is 3.97. The molecule has 0 spiro atoms. The van der Waals surface area contributed by atoms with E-state index in [0.29, 0.717) is 12.7 Å². The molecule has 4 unspecified atom stereocenters. The van der Waals surface area contributed by atoms with Crippen LogP contribution in [0.15, 0.2) is 0 Å². The van der Waals surface area contributed by atoms with Gasteiger partial charge in [0.15, 0.2) is 0 Å². The van der Waals surface area contributed by atoms with Crippen LogP contribution in [-0.2, 0) is 14.0 Å². The van der Waals surface area contributed by atoms with E-state index in [-0.39, 0.29) is 12.2 Å². The fourth-order valence-electron chi connectivity index (χ4n) is 1.55. The van der Waals surface area contributed by atoms with Crippen LogP contribution in [0.4, 0.5) is 0 Å². The molecule has 0 saturated carbocycles. The number of ether oxygens (including phenoxy) is 2. The minimum atomic E-state index is 0.137. The van der Waals surface area contributed by atoms with Crippen LogP contribution in [0.3, 0.4) is 0 Å². The zero-order valence-electron chi connectivity index (χ0n) is 5.66. The van der Waals surface area contributed by atoms with Gasteiger partial charge in [-0.25, -0.2) is 0 Å². The lowest BCUT2D eigenvalue weighted by molar-refractivity contribution is 0.0387. The summed E-state index contributed by atoms with van der Waals surface area (Å²) in [7, 11) is 2.26. The number of fused-ring (bicyclic) bond motifs is 1. The van der Waals surface area contributed by atoms with Gasteiger partial charge in [0.25, 0.3) is 0 Å². The van der Waals surface area contributed by atoms with Gasteiger partial charge in [-0.1, -0.05) is 0 Å². The number of hydrogen-bond acceptors (Lipinski definition) is 3. The third-order valence-corrected chi connectivity index (χ3v) is 2.44. The molecule has 3 nitrogen and oxygen atoms in total. The Hall–Kier alpha value is 0.310. The molecule has 0 aromatic carbocycles. The molecule has 0 aromatic rings. The third-order valence-electron chi connectivity index (χ3n) is 2.09. The second-order valence-electron chi connectivity index (χ2n) is 2.67. The van der Waals surface area contributed by atoms with Gasteiger partial charge < -0.3 is 14.0 Å². The van der Waals surface area contributed by atoms with Crippen molar-refractivity contribution >= 4 is 9.47 Å². The van der Waals surface area contributed by atoms with E-state index in [9.17, 15) is 0 Å². The van der Waals surface area contributed by atoms with E-state index in [0.717, 1.165) is 13.0 Å². The first-order valence-electron chi connectivity index (χ1n) is 3.50. The Morgan fingerprint density at radius 1 is 1.40 bits per heavy atom. The second kappa shape index (κ2) is 2.74. The average molecular weight is 162 g/mol. The maximum Gasteiger partial charge on any atom is 0.113 e. The summed E-state index contributed by atoms with van der Waals surface area (Å²) in [6, 6.07) is 0. The van der Waals surface area contributed by atoms with E-state index in [2.05, 4.69) is 9.47 Å². The van der Waals surface area contributed by atoms with Crippen molar-refractivity contribution in [3.05, 3.63) is 0 Å².